The van der Waals surface area contributed by atoms with Gasteiger partial charge in [-0.1, -0.05) is 41.5 Å². The van der Waals surface area contributed by atoms with Crippen LogP contribution in [0, 0.1) is 0 Å². The molecule has 0 bridgehead atoms. The van der Waals surface area contributed by atoms with Crippen LogP contribution in [0.2, 0.25) is 0 Å². The summed E-state index contributed by atoms with van der Waals surface area (Å²) < 4.78 is 0. The Morgan fingerprint density at radius 3 is 1.97 bits per heavy atom. The highest BCUT2D eigenvalue weighted by molar-refractivity contribution is 5.95. The number of carbonyl (C=O) groups is 3. The highest BCUT2D eigenvalue weighted by atomic mass is 16.4. The lowest BCUT2D eigenvalue weighted by molar-refractivity contribution is -0.137. The Morgan fingerprint density at radius 1 is 0.857 bits per heavy atom. The minimum Gasteiger partial charge on any atom is -0.508 e. The summed E-state index contributed by atoms with van der Waals surface area (Å²) in [7, 11) is 0. The maximum Gasteiger partial charge on any atom is 0.305 e. The van der Waals surface area contributed by atoms with Crippen LogP contribution in [0.1, 0.15) is 32.7 Å². The van der Waals surface area contributed by atoms with E-state index in [9.17, 15) is 19.5 Å². The summed E-state index contributed by atoms with van der Waals surface area (Å²) in [6, 6.07) is 19.5. The molecule has 0 aliphatic heterocycles. The number of carboxylic acid groups (broad SMARTS) is 1. The second kappa shape index (κ2) is 11.9. The maximum absolute atomic E-state index is 12.5. The SMILES string of the molecule is [N-]=[N+]=NC[C@H](CC(=O)O)NC(=O)c1ccc(CNC(=O)c2ccc(-c3ccc(O)cc3)cc2)cc1. The molecule has 10 heteroatoms. The molecule has 0 saturated heterocycles. The number of azide groups is 1. The summed E-state index contributed by atoms with van der Waals surface area (Å²) >= 11 is 0. The Morgan fingerprint density at radius 2 is 1.40 bits per heavy atom. The number of aliphatic carboxylic acids is 1. The zero-order valence-electron chi connectivity index (χ0n) is 18.6. The van der Waals surface area contributed by atoms with Gasteiger partial charge in [0.05, 0.1) is 6.42 Å². The largest absolute Gasteiger partial charge is 0.508 e. The van der Waals surface area contributed by atoms with E-state index in [1.807, 2.05) is 12.1 Å². The summed E-state index contributed by atoms with van der Waals surface area (Å²) in [5.74, 6) is -1.68. The molecule has 2 amide bonds. The molecule has 3 aromatic rings. The monoisotopic (exact) mass is 473 g/mol. The molecule has 178 valence electrons. The van der Waals surface area contributed by atoms with E-state index in [2.05, 4.69) is 20.7 Å². The quantitative estimate of drug-likeness (QED) is 0.199. The molecule has 10 nitrogen and oxygen atoms in total. The number of hydrogen-bond acceptors (Lipinski definition) is 5. The Labute approximate surface area is 200 Å². The van der Waals surface area contributed by atoms with E-state index in [4.69, 9.17) is 10.6 Å². The van der Waals surface area contributed by atoms with E-state index in [1.165, 1.54) is 0 Å². The van der Waals surface area contributed by atoms with Gasteiger partial charge in [-0.25, -0.2) is 0 Å². The van der Waals surface area contributed by atoms with Crippen molar-refractivity contribution in [2.75, 3.05) is 6.54 Å². The average Bonchev–Trinajstić information content (AvgIpc) is 2.86. The highest BCUT2D eigenvalue weighted by Crippen LogP contribution is 2.22. The number of nitrogens with one attached hydrogen (secondary N) is 2. The normalized spacial score (nSPS) is 11.1. The number of amides is 2. The minimum absolute atomic E-state index is 0.172. The molecule has 0 unspecified atom stereocenters. The zero-order chi connectivity index (χ0) is 25.2. The van der Waals surface area contributed by atoms with Gasteiger partial charge >= 0.3 is 5.97 Å². The molecular formula is C25H23N5O5. The van der Waals surface area contributed by atoms with Crippen LogP contribution in [-0.2, 0) is 11.3 Å². The minimum atomic E-state index is -1.12. The van der Waals surface area contributed by atoms with Crippen LogP contribution in [0.3, 0.4) is 0 Å². The lowest BCUT2D eigenvalue weighted by Crippen LogP contribution is -2.38. The molecule has 0 fully saturated rings. The van der Waals surface area contributed by atoms with Crippen molar-refractivity contribution in [2.24, 2.45) is 5.11 Å². The summed E-state index contributed by atoms with van der Waals surface area (Å²) in [5, 5.41) is 27.0. The van der Waals surface area contributed by atoms with Crippen LogP contribution in [-0.4, -0.2) is 40.6 Å². The van der Waals surface area contributed by atoms with E-state index in [0.717, 1.165) is 16.7 Å². The fourth-order valence-electron chi connectivity index (χ4n) is 3.30. The summed E-state index contributed by atoms with van der Waals surface area (Å²) in [6.07, 6.45) is -0.370. The number of nitrogens with zero attached hydrogens (tertiary/aromatic N) is 3. The van der Waals surface area contributed by atoms with Crippen molar-refractivity contribution >= 4 is 17.8 Å². The van der Waals surface area contributed by atoms with Gasteiger partial charge in [0.25, 0.3) is 11.8 Å². The molecule has 1 atom stereocenters. The zero-order valence-corrected chi connectivity index (χ0v) is 18.6. The molecular weight excluding hydrogens is 450 g/mol. The van der Waals surface area contributed by atoms with Crippen LogP contribution in [0.15, 0.2) is 77.9 Å². The van der Waals surface area contributed by atoms with E-state index in [-0.39, 0.29) is 31.2 Å². The van der Waals surface area contributed by atoms with Gasteiger partial charge in [0.15, 0.2) is 0 Å². The number of carbonyl (C=O) groups excluding carboxylic acids is 2. The fourth-order valence-corrected chi connectivity index (χ4v) is 3.30. The van der Waals surface area contributed by atoms with Crippen molar-refractivity contribution in [2.45, 2.75) is 19.0 Å². The maximum atomic E-state index is 12.5. The Balaban J connectivity index is 1.55. The van der Waals surface area contributed by atoms with E-state index < -0.39 is 17.9 Å². The lowest BCUT2D eigenvalue weighted by atomic mass is 10.0. The molecule has 0 aliphatic carbocycles. The molecule has 0 aliphatic rings. The lowest BCUT2D eigenvalue weighted by Gasteiger charge is -2.14. The Bertz CT molecular complexity index is 1230. The van der Waals surface area contributed by atoms with Gasteiger partial charge in [-0.2, -0.15) is 0 Å². The van der Waals surface area contributed by atoms with Crippen molar-refractivity contribution in [1.82, 2.24) is 10.6 Å². The smallest absolute Gasteiger partial charge is 0.305 e. The van der Waals surface area contributed by atoms with Gasteiger partial charge in [-0.15, -0.1) is 0 Å². The third-order valence-corrected chi connectivity index (χ3v) is 5.14. The molecule has 3 aromatic carbocycles. The molecule has 0 saturated carbocycles. The summed E-state index contributed by atoms with van der Waals surface area (Å²) in [5.41, 5.74) is 11.8. The van der Waals surface area contributed by atoms with Gasteiger partial charge in [-0.3, -0.25) is 14.4 Å². The fraction of sp³-hybridized carbons (Fsp3) is 0.160. The number of carboxylic acids is 1. The third-order valence-electron chi connectivity index (χ3n) is 5.14. The first-order valence-corrected chi connectivity index (χ1v) is 10.7. The molecule has 0 heterocycles. The van der Waals surface area contributed by atoms with E-state index in [1.54, 1.807) is 60.7 Å². The molecule has 0 radical (unpaired) electrons. The van der Waals surface area contributed by atoms with Crippen LogP contribution in [0.4, 0.5) is 0 Å². The second-order valence-electron chi connectivity index (χ2n) is 7.69. The number of benzene rings is 3. The molecule has 35 heavy (non-hydrogen) atoms. The van der Waals surface area contributed by atoms with Gasteiger partial charge in [0.1, 0.15) is 5.75 Å². The first kappa shape index (κ1) is 24.8. The van der Waals surface area contributed by atoms with Crippen LogP contribution in [0.5, 0.6) is 5.75 Å². The number of hydrogen-bond donors (Lipinski definition) is 4. The van der Waals surface area contributed by atoms with E-state index >= 15 is 0 Å². The van der Waals surface area contributed by atoms with E-state index in [0.29, 0.717) is 11.1 Å². The molecule has 0 spiro atoms. The number of phenols is 1. The number of phenolic OH excluding ortho intramolecular Hbond substituents is 1. The molecule has 4 N–H and O–H groups in total. The van der Waals surface area contributed by atoms with Crippen molar-refractivity contribution in [3.8, 4) is 16.9 Å². The van der Waals surface area contributed by atoms with Crippen LogP contribution < -0.4 is 10.6 Å². The third kappa shape index (κ3) is 7.34. The predicted octanol–water partition coefficient (Wildman–Crippen LogP) is 3.87. The number of rotatable bonds is 10. The van der Waals surface area contributed by atoms with Crippen LogP contribution in [0.25, 0.3) is 21.6 Å². The Kier molecular flexibility index (Phi) is 8.42. The van der Waals surface area contributed by atoms with Crippen molar-refractivity contribution < 1.29 is 24.6 Å². The average molecular weight is 473 g/mol. The Hall–Kier alpha value is -4.82. The van der Waals surface area contributed by atoms with Gasteiger partial charge in [-0.05, 0) is 58.6 Å². The first-order valence-electron chi connectivity index (χ1n) is 10.7. The predicted molar refractivity (Wildman–Crippen MR) is 129 cm³/mol. The van der Waals surface area contributed by atoms with Gasteiger partial charge < -0.3 is 20.8 Å². The topological polar surface area (TPSA) is 164 Å². The van der Waals surface area contributed by atoms with Crippen molar-refractivity contribution in [1.29, 1.82) is 0 Å². The van der Waals surface area contributed by atoms with Gasteiger partial charge in [0.2, 0.25) is 0 Å². The summed E-state index contributed by atoms with van der Waals surface area (Å²) in [6.45, 7) is 0.0769. The van der Waals surface area contributed by atoms with Crippen molar-refractivity contribution in [3.63, 3.8) is 0 Å². The van der Waals surface area contributed by atoms with Crippen LogP contribution >= 0.6 is 0 Å². The number of aromatic hydroxyl groups is 1. The second-order valence-corrected chi connectivity index (χ2v) is 7.69. The highest BCUT2D eigenvalue weighted by Gasteiger charge is 2.16. The van der Waals surface area contributed by atoms with Gasteiger partial charge in [0, 0.05) is 35.2 Å². The molecule has 3 rings (SSSR count). The first-order chi connectivity index (χ1) is 16.9. The standard InChI is InChI=1S/C25H23N5O5/c26-30-28-15-21(13-23(32)33)29-25(35)20-3-1-16(2-4-20)14-27-24(34)19-7-5-17(6-8-19)18-9-11-22(31)12-10-18/h1-12,21,31H,13-15H2,(H,27,34)(H,29,35)(H,32,33)/t21-/m0/s1. The summed E-state index contributed by atoms with van der Waals surface area (Å²) in [4.78, 5) is 38.4. The molecule has 0 aromatic heterocycles. The van der Waals surface area contributed by atoms with Crippen molar-refractivity contribution in [3.05, 3.63) is 99.9 Å².